The van der Waals surface area contributed by atoms with Gasteiger partial charge in [-0.05, 0) is 23.3 Å². The smallest absolute Gasteiger partial charge is 0.324 e. The zero-order valence-corrected chi connectivity index (χ0v) is 18.8. The SMILES string of the molecule is COC(=O)C1Cc2ncn(Cc3ccc(OC)cc3)c2CN1S(=O)(=O)Cc1ccccc1. The number of rotatable bonds is 7. The van der Waals surface area contributed by atoms with E-state index in [-0.39, 0.29) is 18.7 Å². The highest BCUT2D eigenvalue weighted by atomic mass is 32.2. The number of aromatic nitrogens is 2. The summed E-state index contributed by atoms with van der Waals surface area (Å²) in [6.45, 7) is 0.586. The van der Waals surface area contributed by atoms with Gasteiger partial charge in [0.15, 0.2) is 0 Å². The molecule has 0 saturated carbocycles. The maximum atomic E-state index is 13.3. The van der Waals surface area contributed by atoms with Gasteiger partial charge in [-0.1, -0.05) is 42.5 Å². The molecule has 0 spiro atoms. The fraction of sp³-hybridized carbons (Fsp3) is 0.304. The molecule has 2 heterocycles. The Morgan fingerprint density at radius 1 is 1.06 bits per heavy atom. The van der Waals surface area contributed by atoms with Crippen molar-refractivity contribution in [2.75, 3.05) is 14.2 Å². The van der Waals surface area contributed by atoms with Gasteiger partial charge in [0.1, 0.15) is 11.8 Å². The number of benzene rings is 2. The van der Waals surface area contributed by atoms with Gasteiger partial charge in [-0.2, -0.15) is 4.31 Å². The van der Waals surface area contributed by atoms with E-state index in [1.54, 1.807) is 37.7 Å². The highest BCUT2D eigenvalue weighted by Crippen LogP contribution is 2.28. The monoisotopic (exact) mass is 455 g/mol. The number of methoxy groups -OCH3 is 2. The molecule has 1 atom stereocenters. The first kappa shape index (κ1) is 22.0. The Morgan fingerprint density at radius 3 is 2.44 bits per heavy atom. The summed E-state index contributed by atoms with van der Waals surface area (Å²) >= 11 is 0. The number of fused-ring (bicyclic) bond motifs is 1. The molecule has 0 saturated heterocycles. The lowest BCUT2D eigenvalue weighted by Gasteiger charge is -2.33. The second kappa shape index (κ2) is 9.13. The molecule has 0 bridgehead atoms. The van der Waals surface area contributed by atoms with E-state index in [4.69, 9.17) is 9.47 Å². The largest absolute Gasteiger partial charge is 0.497 e. The molecule has 32 heavy (non-hydrogen) atoms. The van der Waals surface area contributed by atoms with Gasteiger partial charge >= 0.3 is 5.97 Å². The van der Waals surface area contributed by atoms with Gasteiger partial charge in [0.05, 0.1) is 44.2 Å². The second-order valence-corrected chi connectivity index (χ2v) is 9.57. The van der Waals surface area contributed by atoms with Crippen molar-refractivity contribution in [1.29, 1.82) is 0 Å². The van der Waals surface area contributed by atoms with Crippen LogP contribution in [-0.4, -0.2) is 48.5 Å². The van der Waals surface area contributed by atoms with Gasteiger partial charge in [-0.3, -0.25) is 4.79 Å². The molecule has 4 rings (SSSR count). The first-order valence-corrected chi connectivity index (χ1v) is 11.8. The molecule has 1 aliphatic heterocycles. The minimum Gasteiger partial charge on any atom is -0.497 e. The van der Waals surface area contributed by atoms with Gasteiger partial charge < -0.3 is 14.0 Å². The molecular formula is C23H25N3O5S. The van der Waals surface area contributed by atoms with Crippen molar-refractivity contribution in [3.8, 4) is 5.75 Å². The molecule has 168 valence electrons. The van der Waals surface area contributed by atoms with E-state index >= 15 is 0 Å². The van der Waals surface area contributed by atoms with Gasteiger partial charge in [0.25, 0.3) is 0 Å². The quantitative estimate of drug-likeness (QED) is 0.508. The molecule has 2 aromatic carbocycles. The van der Waals surface area contributed by atoms with Crippen LogP contribution in [0.25, 0.3) is 0 Å². The van der Waals surface area contributed by atoms with Crippen LogP contribution in [0.15, 0.2) is 60.9 Å². The normalized spacial score (nSPS) is 16.4. The minimum atomic E-state index is -3.79. The molecule has 8 nitrogen and oxygen atoms in total. The average Bonchev–Trinajstić information content (AvgIpc) is 3.20. The number of esters is 1. The molecule has 0 radical (unpaired) electrons. The Morgan fingerprint density at radius 2 is 1.78 bits per heavy atom. The van der Waals surface area contributed by atoms with Crippen molar-refractivity contribution in [3.05, 3.63) is 83.4 Å². The maximum absolute atomic E-state index is 13.3. The topological polar surface area (TPSA) is 90.7 Å². The molecule has 1 unspecified atom stereocenters. The van der Waals surface area contributed by atoms with Crippen LogP contribution in [0.1, 0.15) is 22.5 Å². The van der Waals surface area contributed by atoms with Gasteiger partial charge in [0, 0.05) is 13.0 Å². The highest BCUT2D eigenvalue weighted by Gasteiger charge is 2.41. The molecule has 0 aliphatic carbocycles. The number of nitrogens with zero attached hydrogens (tertiary/aromatic N) is 3. The van der Waals surface area contributed by atoms with Crippen LogP contribution in [0.4, 0.5) is 0 Å². The molecule has 0 amide bonds. The Kier molecular flexibility index (Phi) is 6.29. The minimum absolute atomic E-state index is 0.0560. The number of carbonyl (C=O) groups excluding carboxylic acids is 1. The average molecular weight is 456 g/mol. The number of carbonyl (C=O) groups is 1. The summed E-state index contributed by atoms with van der Waals surface area (Å²) in [5.74, 6) is -0.0129. The Balaban J connectivity index is 1.64. The summed E-state index contributed by atoms with van der Waals surface area (Å²) in [5, 5.41) is 0. The van der Waals surface area contributed by atoms with Crippen molar-refractivity contribution in [1.82, 2.24) is 13.9 Å². The van der Waals surface area contributed by atoms with E-state index < -0.39 is 22.0 Å². The van der Waals surface area contributed by atoms with E-state index in [0.717, 1.165) is 17.0 Å². The van der Waals surface area contributed by atoms with Gasteiger partial charge in [-0.25, -0.2) is 13.4 Å². The number of ether oxygens (including phenoxy) is 2. The first-order valence-electron chi connectivity index (χ1n) is 10.2. The first-order chi connectivity index (χ1) is 15.4. The van der Waals surface area contributed by atoms with E-state index in [2.05, 4.69) is 4.98 Å². The van der Waals surface area contributed by atoms with E-state index in [1.807, 2.05) is 34.9 Å². The standard InChI is InChI=1S/C23H25N3O5S/c1-30-19-10-8-17(9-11-19)13-25-16-24-20-12-21(23(27)31-2)26(14-22(20)25)32(28,29)15-18-6-4-3-5-7-18/h3-11,16,21H,12-15H2,1-2H3. The lowest BCUT2D eigenvalue weighted by molar-refractivity contribution is -0.145. The summed E-state index contributed by atoms with van der Waals surface area (Å²) < 4.78 is 40.0. The Bertz CT molecular complexity index is 1190. The van der Waals surface area contributed by atoms with Crippen LogP contribution < -0.4 is 4.74 Å². The molecule has 1 aliphatic rings. The van der Waals surface area contributed by atoms with Crippen LogP contribution >= 0.6 is 0 Å². The number of imidazole rings is 1. The Hall–Kier alpha value is -3.17. The second-order valence-electron chi connectivity index (χ2n) is 7.64. The van der Waals surface area contributed by atoms with Crippen molar-refractivity contribution >= 4 is 16.0 Å². The van der Waals surface area contributed by atoms with E-state index in [0.29, 0.717) is 17.8 Å². The summed E-state index contributed by atoms with van der Waals surface area (Å²) in [7, 11) is -0.905. The number of hydrogen-bond donors (Lipinski definition) is 0. The van der Waals surface area contributed by atoms with Gasteiger partial charge in [0.2, 0.25) is 10.0 Å². The third-order valence-electron chi connectivity index (χ3n) is 5.61. The number of hydrogen-bond acceptors (Lipinski definition) is 6. The van der Waals surface area contributed by atoms with Crippen LogP contribution in [0.2, 0.25) is 0 Å². The lowest BCUT2D eigenvalue weighted by Crippen LogP contribution is -2.49. The predicted molar refractivity (Wildman–Crippen MR) is 118 cm³/mol. The summed E-state index contributed by atoms with van der Waals surface area (Å²) in [6.07, 6.45) is 1.86. The van der Waals surface area contributed by atoms with E-state index in [9.17, 15) is 13.2 Å². The van der Waals surface area contributed by atoms with Crippen LogP contribution in [0.3, 0.4) is 0 Å². The van der Waals surface area contributed by atoms with Crippen LogP contribution in [0.5, 0.6) is 5.75 Å². The zero-order chi connectivity index (χ0) is 22.7. The lowest BCUT2D eigenvalue weighted by atomic mass is 10.1. The van der Waals surface area contributed by atoms with Crippen LogP contribution in [-0.2, 0) is 44.8 Å². The van der Waals surface area contributed by atoms with Crippen molar-refractivity contribution in [3.63, 3.8) is 0 Å². The summed E-state index contributed by atoms with van der Waals surface area (Å²) in [6, 6.07) is 15.7. The van der Waals surface area contributed by atoms with Crippen LogP contribution in [0, 0.1) is 0 Å². The van der Waals surface area contributed by atoms with Crippen molar-refractivity contribution in [2.24, 2.45) is 0 Å². The zero-order valence-electron chi connectivity index (χ0n) is 18.0. The van der Waals surface area contributed by atoms with E-state index in [1.165, 1.54) is 11.4 Å². The van der Waals surface area contributed by atoms with Crippen molar-refractivity contribution in [2.45, 2.75) is 31.3 Å². The fourth-order valence-electron chi connectivity index (χ4n) is 3.91. The molecule has 1 aromatic heterocycles. The van der Waals surface area contributed by atoms with Crippen molar-refractivity contribution < 1.29 is 22.7 Å². The molecule has 3 aromatic rings. The summed E-state index contributed by atoms with van der Waals surface area (Å²) in [4.78, 5) is 16.9. The third kappa shape index (κ3) is 4.53. The maximum Gasteiger partial charge on any atom is 0.324 e. The predicted octanol–water partition coefficient (Wildman–Crippen LogP) is 2.37. The fourth-order valence-corrected chi connectivity index (χ4v) is 5.55. The Labute approximate surface area is 187 Å². The highest BCUT2D eigenvalue weighted by molar-refractivity contribution is 7.88. The molecule has 0 N–H and O–H groups in total. The molecular weight excluding hydrogens is 430 g/mol. The van der Waals surface area contributed by atoms with Gasteiger partial charge in [-0.15, -0.1) is 0 Å². The number of sulfonamides is 1. The molecule has 9 heteroatoms. The third-order valence-corrected chi connectivity index (χ3v) is 7.40. The molecule has 0 fully saturated rings. The summed E-state index contributed by atoms with van der Waals surface area (Å²) in [5.41, 5.74) is 3.17.